The van der Waals surface area contributed by atoms with Crippen molar-refractivity contribution in [3.63, 3.8) is 0 Å². The lowest BCUT2D eigenvalue weighted by Gasteiger charge is -2.30. The van der Waals surface area contributed by atoms with Crippen molar-refractivity contribution in [3.05, 3.63) is 59.7 Å². The van der Waals surface area contributed by atoms with Gasteiger partial charge in [-0.05, 0) is 63.8 Å². The standard InChI is InChI=1S/C28H41N3O5S/c1-7-22(4)29-28(33)23(5)30(20-24-15-10-9-14-21(24)3)27(32)18-13-19-31(37(6,34)35)25-16-11-12-17-26(25)36-8-2/h9-12,14-17,22-23H,7-8,13,18-20H2,1-6H3,(H,29,33)/t22-,23-/m0/s1. The minimum absolute atomic E-state index is 0.000842. The number of nitrogens with zero attached hydrogens (tertiary/aromatic N) is 2. The average molecular weight is 532 g/mol. The Balaban J connectivity index is 2.22. The molecule has 0 heterocycles. The summed E-state index contributed by atoms with van der Waals surface area (Å²) in [6, 6.07) is 14.1. The molecular weight excluding hydrogens is 490 g/mol. The molecule has 37 heavy (non-hydrogen) atoms. The zero-order valence-corrected chi connectivity index (χ0v) is 23.7. The van der Waals surface area contributed by atoms with Crippen LogP contribution in [0.25, 0.3) is 0 Å². The molecule has 0 spiro atoms. The predicted octanol–water partition coefficient (Wildman–Crippen LogP) is 4.27. The van der Waals surface area contributed by atoms with Crippen molar-refractivity contribution < 1.29 is 22.7 Å². The molecule has 2 aromatic carbocycles. The Morgan fingerprint density at radius 1 is 1.03 bits per heavy atom. The minimum Gasteiger partial charge on any atom is -0.492 e. The van der Waals surface area contributed by atoms with Gasteiger partial charge in [0.2, 0.25) is 21.8 Å². The Labute approximate surface area is 222 Å². The number of carbonyl (C=O) groups excluding carboxylic acids is 2. The third kappa shape index (κ3) is 8.77. The second-order valence-corrected chi connectivity index (χ2v) is 11.2. The number of hydrogen-bond donors (Lipinski definition) is 1. The first-order chi connectivity index (χ1) is 17.5. The van der Waals surface area contributed by atoms with Crippen LogP contribution in [0, 0.1) is 6.92 Å². The van der Waals surface area contributed by atoms with Crippen molar-refractivity contribution >= 4 is 27.5 Å². The summed E-state index contributed by atoms with van der Waals surface area (Å²) >= 11 is 0. The number of amides is 2. The lowest BCUT2D eigenvalue weighted by atomic mass is 10.1. The van der Waals surface area contributed by atoms with Crippen LogP contribution in [0.5, 0.6) is 5.75 Å². The Bertz CT molecular complexity index is 1150. The zero-order chi connectivity index (χ0) is 27.6. The van der Waals surface area contributed by atoms with E-state index in [0.29, 0.717) is 24.6 Å². The summed E-state index contributed by atoms with van der Waals surface area (Å²) in [6.45, 7) is 10.3. The van der Waals surface area contributed by atoms with E-state index in [1.54, 1.807) is 36.1 Å². The summed E-state index contributed by atoms with van der Waals surface area (Å²) in [4.78, 5) is 28.0. The Kier molecular flexibility index (Phi) is 11.4. The van der Waals surface area contributed by atoms with Crippen LogP contribution in [0.1, 0.15) is 58.1 Å². The van der Waals surface area contributed by atoms with Crippen molar-refractivity contribution in [3.8, 4) is 5.75 Å². The predicted molar refractivity (Wildman–Crippen MR) is 148 cm³/mol. The maximum Gasteiger partial charge on any atom is 0.242 e. The van der Waals surface area contributed by atoms with Crippen LogP contribution < -0.4 is 14.4 Å². The monoisotopic (exact) mass is 531 g/mol. The highest BCUT2D eigenvalue weighted by Crippen LogP contribution is 2.30. The number of carbonyl (C=O) groups is 2. The van der Waals surface area contributed by atoms with Crippen LogP contribution >= 0.6 is 0 Å². The van der Waals surface area contributed by atoms with E-state index in [-0.39, 0.29) is 37.2 Å². The molecule has 8 nitrogen and oxygen atoms in total. The number of aryl methyl sites for hydroxylation is 1. The topological polar surface area (TPSA) is 96.0 Å². The van der Waals surface area contributed by atoms with Crippen LogP contribution in [0.2, 0.25) is 0 Å². The van der Waals surface area contributed by atoms with E-state index in [0.717, 1.165) is 23.8 Å². The van der Waals surface area contributed by atoms with E-state index >= 15 is 0 Å². The van der Waals surface area contributed by atoms with Crippen LogP contribution in [0.4, 0.5) is 5.69 Å². The Morgan fingerprint density at radius 2 is 1.68 bits per heavy atom. The smallest absolute Gasteiger partial charge is 0.242 e. The van der Waals surface area contributed by atoms with E-state index in [1.165, 1.54) is 4.31 Å². The maximum atomic E-state index is 13.5. The molecule has 204 valence electrons. The SMILES string of the molecule is CCOc1ccccc1N(CCCC(=O)N(Cc1ccccc1C)[C@@H](C)C(=O)N[C@@H](C)CC)S(C)(=O)=O. The van der Waals surface area contributed by atoms with Gasteiger partial charge < -0.3 is 15.0 Å². The zero-order valence-electron chi connectivity index (χ0n) is 22.9. The van der Waals surface area contributed by atoms with Crippen molar-refractivity contribution in [1.82, 2.24) is 10.2 Å². The van der Waals surface area contributed by atoms with Crippen molar-refractivity contribution in [2.45, 2.75) is 72.5 Å². The fourth-order valence-electron chi connectivity index (χ4n) is 3.94. The molecule has 0 aromatic heterocycles. The lowest BCUT2D eigenvalue weighted by molar-refractivity contribution is -0.140. The second kappa shape index (κ2) is 14.0. The molecule has 0 saturated carbocycles. The van der Waals surface area contributed by atoms with Gasteiger partial charge in [-0.1, -0.05) is 43.3 Å². The molecule has 1 N–H and O–H groups in total. The average Bonchev–Trinajstić information content (AvgIpc) is 2.85. The van der Waals surface area contributed by atoms with Crippen LogP contribution in [0.15, 0.2) is 48.5 Å². The molecular formula is C28H41N3O5S. The quantitative estimate of drug-likeness (QED) is 0.393. The van der Waals surface area contributed by atoms with E-state index in [9.17, 15) is 18.0 Å². The van der Waals surface area contributed by atoms with Gasteiger partial charge in [0.1, 0.15) is 11.8 Å². The highest BCUT2D eigenvalue weighted by molar-refractivity contribution is 7.92. The summed E-state index contributed by atoms with van der Waals surface area (Å²) in [5.41, 5.74) is 2.44. The van der Waals surface area contributed by atoms with Gasteiger partial charge in [0, 0.05) is 25.6 Å². The summed E-state index contributed by atoms with van der Waals surface area (Å²) in [6.07, 6.45) is 2.31. The molecule has 0 aliphatic heterocycles. The molecule has 0 aliphatic rings. The molecule has 0 aliphatic carbocycles. The number of anilines is 1. The number of ether oxygens (including phenoxy) is 1. The number of para-hydroxylation sites is 2. The van der Waals surface area contributed by atoms with E-state index in [1.807, 2.05) is 52.0 Å². The fraction of sp³-hybridized carbons (Fsp3) is 0.500. The van der Waals surface area contributed by atoms with Gasteiger partial charge in [-0.2, -0.15) is 0 Å². The molecule has 2 atom stereocenters. The van der Waals surface area contributed by atoms with Crippen LogP contribution in [0.3, 0.4) is 0 Å². The molecule has 2 amide bonds. The number of sulfonamides is 1. The number of rotatable bonds is 14. The first kappa shape index (κ1) is 30.2. The maximum absolute atomic E-state index is 13.5. The summed E-state index contributed by atoms with van der Waals surface area (Å²) in [7, 11) is -3.61. The van der Waals surface area contributed by atoms with Crippen molar-refractivity contribution in [2.24, 2.45) is 0 Å². The van der Waals surface area contributed by atoms with Crippen molar-refractivity contribution in [2.75, 3.05) is 23.7 Å². The highest BCUT2D eigenvalue weighted by atomic mass is 32.2. The second-order valence-electron chi connectivity index (χ2n) is 9.28. The first-order valence-corrected chi connectivity index (χ1v) is 14.7. The van der Waals surface area contributed by atoms with Gasteiger partial charge in [0.25, 0.3) is 0 Å². The van der Waals surface area contributed by atoms with Gasteiger partial charge >= 0.3 is 0 Å². The van der Waals surface area contributed by atoms with Gasteiger partial charge in [0.05, 0.1) is 18.6 Å². The minimum atomic E-state index is -3.61. The Morgan fingerprint density at radius 3 is 2.30 bits per heavy atom. The van der Waals surface area contributed by atoms with Gasteiger partial charge in [-0.15, -0.1) is 0 Å². The molecule has 2 aromatic rings. The highest BCUT2D eigenvalue weighted by Gasteiger charge is 2.28. The molecule has 0 radical (unpaired) electrons. The summed E-state index contributed by atoms with van der Waals surface area (Å²) in [5, 5.41) is 2.96. The number of benzene rings is 2. The molecule has 0 saturated heterocycles. The molecule has 9 heteroatoms. The third-order valence-corrected chi connectivity index (χ3v) is 7.54. The number of hydrogen-bond acceptors (Lipinski definition) is 5. The lowest BCUT2D eigenvalue weighted by Crippen LogP contribution is -2.49. The first-order valence-electron chi connectivity index (χ1n) is 12.8. The molecule has 0 bridgehead atoms. The summed E-state index contributed by atoms with van der Waals surface area (Å²) in [5.74, 6) is 0.0551. The normalized spacial score (nSPS) is 12.9. The number of nitrogens with one attached hydrogen (secondary N) is 1. The van der Waals surface area contributed by atoms with Gasteiger partial charge in [0.15, 0.2) is 0 Å². The molecule has 2 rings (SSSR count). The molecule has 0 fully saturated rings. The molecule has 0 unspecified atom stereocenters. The fourth-order valence-corrected chi connectivity index (χ4v) is 4.91. The van der Waals surface area contributed by atoms with Gasteiger partial charge in [-0.3, -0.25) is 13.9 Å². The largest absolute Gasteiger partial charge is 0.492 e. The summed E-state index contributed by atoms with van der Waals surface area (Å²) < 4.78 is 32.2. The van der Waals surface area contributed by atoms with E-state index in [2.05, 4.69) is 5.32 Å². The van der Waals surface area contributed by atoms with E-state index < -0.39 is 16.1 Å². The van der Waals surface area contributed by atoms with Crippen LogP contribution in [-0.2, 0) is 26.2 Å². The Hall–Kier alpha value is -3.07. The van der Waals surface area contributed by atoms with Gasteiger partial charge in [-0.25, -0.2) is 8.42 Å². The third-order valence-electron chi connectivity index (χ3n) is 6.36. The van der Waals surface area contributed by atoms with E-state index in [4.69, 9.17) is 4.74 Å². The van der Waals surface area contributed by atoms with Crippen LogP contribution in [-0.4, -0.2) is 56.6 Å². The van der Waals surface area contributed by atoms with Crippen molar-refractivity contribution in [1.29, 1.82) is 0 Å².